The van der Waals surface area contributed by atoms with E-state index in [1.807, 2.05) is 0 Å². The minimum absolute atomic E-state index is 0.296. The van der Waals surface area contributed by atoms with Gasteiger partial charge in [-0.1, -0.05) is 6.07 Å². The molecule has 1 rings (SSSR count). The standard InChI is InChI=1S/C11H16FNO2S/c1-7(13)11-9(12)3-2-4-10(11)16-6-8(15)5-14/h2-4,7-8,14-15H,5-6,13H2,1H3/t7-,8?/m1/s1. The van der Waals surface area contributed by atoms with Crippen LogP contribution in [0.25, 0.3) is 0 Å². The van der Waals surface area contributed by atoms with E-state index in [1.165, 1.54) is 17.8 Å². The topological polar surface area (TPSA) is 66.5 Å². The minimum Gasteiger partial charge on any atom is -0.394 e. The maximum atomic E-state index is 13.5. The van der Waals surface area contributed by atoms with E-state index in [2.05, 4.69) is 0 Å². The highest BCUT2D eigenvalue weighted by Gasteiger charge is 2.13. The highest BCUT2D eigenvalue weighted by atomic mass is 32.2. The molecule has 0 aliphatic carbocycles. The molecule has 1 unspecified atom stereocenters. The third-order valence-corrected chi connectivity index (χ3v) is 3.33. The molecule has 4 N–H and O–H groups in total. The van der Waals surface area contributed by atoms with Crippen LogP contribution in [0.5, 0.6) is 0 Å². The minimum atomic E-state index is -0.797. The van der Waals surface area contributed by atoms with Crippen molar-refractivity contribution >= 4 is 11.8 Å². The zero-order valence-corrected chi connectivity index (χ0v) is 9.88. The largest absolute Gasteiger partial charge is 0.394 e. The van der Waals surface area contributed by atoms with Gasteiger partial charge in [-0.2, -0.15) is 0 Å². The number of nitrogens with two attached hydrogens (primary N) is 1. The lowest BCUT2D eigenvalue weighted by Gasteiger charge is -2.14. The lowest BCUT2D eigenvalue weighted by Crippen LogP contribution is -2.15. The molecule has 0 saturated heterocycles. The Kier molecular flexibility index (Phi) is 5.21. The molecule has 16 heavy (non-hydrogen) atoms. The summed E-state index contributed by atoms with van der Waals surface area (Å²) in [5.74, 6) is -0.0156. The van der Waals surface area contributed by atoms with Crippen molar-refractivity contribution in [2.75, 3.05) is 12.4 Å². The zero-order valence-electron chi connectivity index (χ0n) is 9.06. The van der Waals surface area contributed by atoms with Crippen LogP contribution in [0.4, 0.5) is 4.39 Å². The van der Waals surface area contributed by atoms with E-state index in [0.29, 0.717) is 16.2 Å². The van der Waals surface area contributed by atoms with Crippen LogP contribution in [-0.4, -0.2) is 28.7 Å². The van der Waals surface area contributed by atoms with E-state index < -0.39 is 12.1 Å². The van der Waals surface area contributed by atoms with Crippen LogP contribution in [0.1, 0.15) is 18.5 Å². The van der Waals surface area contributed by atoms with Crippen LogP contribution in [0, 0.1) is 5.82 Å². The molecule has 0 aliphatic heterocycles. The van der Waals surface area contributed by atoms with E-state index >= 15 is 0 Å². The second-order valence-corrected chi connectivity index (χ2v) is 4.65. The molecular weight excluding hydrogens is 229 g/mol. The Balaban J connectivity index is 2.83. The number of rotatable bonds is 5. The second-order valence-electron chi connectivity index (χ2n) is 3.59. The van der Waals surface area contributed by atoms with Gasteiger partial charge in [0.05, 0.1) is 12.7 Å². The number of hydrogen-bond acceptors (Lipinski definition) is 4. The van der Waals surface area contributed by atoms with Crippen LogP contribution in [-0.2, 0) is 0 Å². The smallest absolute Gasteiger partial charge is 0.129 e. The fraction of sp³-hybridized carbons (Fsp3) is 0.455. The van der Waals surface area contributed by atoms with Crippen LogP contribution in [0.3, 0.4) is 0 Å². The molecule has 0 radical (unpaired) electrons. The first-order valence-electron chi connectivity index (χ1n) is 5.02. The third-order valence-electron chi connectivity index (χ3n) is 2.11. The molecule has 3 nitrogen and oxygen atoms in total. The number of aliphatic hydroxyl groups is 2. The van der Waals surface area contributed by atoms with Crippen molar-refractivity contribution in [3.8, 4) is 0 Å². The van der Waals surface area contributed by atoms with Gasteiger partial charge in [-0.25, -0.2) is 4.39 Å². The molecule has 0 saturated carbocycles. The van der Waals surface area contributed by atoms with Gasteiger partial charge in [0.25, 0.3) is 0 Å². The molecule has 0 bridgehead atoms. The summed E-state index contributed by atoms with van der Waals surface area (Å²) >= 11 is 1.29. The van der Waals surface area contributed by atoms with E-state index in [9.17, 15) is 9.50 Å². The summed E-state index contributed by atoms with van der Waals surface area (Å²) in [5, 5.41) is 17.9. The molecule has 2 atom stereocenters. The summed E-state index contributed by atoms with van der Waals surface area (Å²) in [6, 6.07) is 4.34. The van der Waals surface area contributed by atoms with Gasteiger partial charge in [0.15, 0.2) is 0 Å². The average molecular weight is 245 g/mol. The van der Waals surface area contributed by atoms with Crippen molar-refractivity contribution in [2.24, 2.45) is 5.73 Å². The number of hydrogen-bond donors (Lipinski definition) is 3. The first-order valence-corrected chi connectivity index (χ1v) is 6.00. The van der Waals surface area contributed by atoms with Crippen molar-refractivity contribution in [3.05, 3.63) is 29.6 Å². The van der Waals surface area contributed by atoms with Crippen molar-refractivity contribution in [1.29, 1.82) is 0 Å². The van der Waals surface area contributed by atoms with E-state index in [1.54, 1.807) is 19.1 Å². The number of thioether (sulfide) groups is 1. The van der Waals surface area contributed by atoms with Crippen molar-refractivity contribution in [2.45, 2.75) is 24.0 Å². The van der Waals surface area contributed by atoms with E-state index in [4.69, 9.17) is 10.8 Å². The van der Waals surface area contributed by atoms with Crippen LogP contribution >= 0.6 is 11.8 Å². The SMILES string of the molecule is C[C@@H](N)c1c(F)cccc1SCC(O)CO. The number of benzene rings is 1. The normalized spacial score (nSPS) is 14.8. The molecular formula is C11H16FNO2S. The molecule has 0 aromatic heterocycles. The lowest BCUT2D eigenvalue weighted by molar-refractivity contribution is 0.113. The maximum Gasteiger partial charge on any atom is 0.129 e. The summed E-state index contributed by atoms with van der Waals surface area (Å²) in [7, 11) is 0. The second kappa shape index (κ2) is 6.20. The van der Waals surface area contributed by atoms with Crippen molar-refractivity contribution < 1.29 is 14.6 Å². The Labute approximate surface area is 98.5 Å². The Hall–Kier alpha value is -0.620. The molecule has 0 amide bonds. The predicted molar refractivity (Wildman–Crippen MR) is 62.8 cm³/mol. The number of aliphatic hydroxyl groups excluding tert-OH is 2. The highest BCUT2D eigenvalue weighted by Crippen LogP contribution is 2.29. The molecule has 0 spiro atoms. The summed E-state index contributed by atoms with van der Waals surface area (Å²) < 4.78 is 13.5. The van der Waals surface area contributed by atoms with Gasteiger partial charge in [0.1, 0.15) is 5.82 Å². The number of halogens is 1. The molecule has 5 heteroatoms. The van der Waals surface area contributed by atoms with Gasteiger partial charge in [0, 0.05) is 22.3 Å². The van der Waals surface area contributed by atoms with Gasteiger partial charge < -0.3 is 15.9 Å². The van der Waals surface area contributed by atoms with E-state index in [-0.39, 0.29) is 12.4 Å². The first-order chi connectivity index (χ1) is 7.56. The van der Waals surface area contributed by atoms with E-state index in [0.717, 1.165) is 0 Å². The predicted octanol–water partition coefficient (Wildman–Crippen LogP) is 1.29. The van der Waals surface area contributed by atoms with Crippen molar-refractivity contribution in [3.63, 3.8) is 0 Å². The summed E-state index contributed by atoms with van der Waals surface area (Å²) in [6.07, 6.45) is -0.797. The van der Waals surface area contributed by atoms with Gasteiger partial charge >= 0.3 is 0 Å². The Morgan fingerprint density at radius 1 is 1.50 bits per heavy atom. The highest BCUT2D eigenvalue weighted by molar-refractivity contribution is 7.99. The van der Waals surface area contributed by atoms with Gasteiger partial charge in [-0.3, -0.25) is 0 Å². The van der Waals surface area contributed by atoms with Crippen molar-refractivity contribution in [1.82, 2.24) is 0 Å². The third kappa shape index (κ3) is 3.45. The monoisotopic (exact) mass is 245 g/mol. The van der Waals surface area contributed by atoms with Gasteiger partial charge in [-0.05, 0) is 19.1 Å². The molecule has 0 fully saturated rings. The van der Waals surface area contributed by atoms with Gasteiger partial charge in [-0.15, -0.1) is 11.8 Å². The molecule has 90 valence electrons. The Morgan fingerprint density at radius 2 is 2.19 bits per heavy atom. The molecule has 0 heterocycles. The lowest BCUT2D eigenvalue weighted by atomic mass is 10.1. The van der Waals surface area contributed by atoms with Crippen LogP contribution in [0.15, 0.2) is 23.1 Å². The molecule has 1 aromatic carbocycles. The fourth-order valence-corrected chi connectivity index (χ4v) is 2.41. The quantitative estimate of drug-likeness (QED) is 0.684. The molecule has 1 aromatic rings. The first kappa shape index (κ1) is 13.4. The Morgan fingerprint density at radius 3 is 2.75 bits per heavy atom. The summed E-state index contributed by atoms with van der Waals surface area (Å²) in [4.78, 5) is 0.711. The van der Waals surface area contributed by atoms with Crippen LogP contribution < -0.4 is 5.73 Å². The average Bonchev–Trinajstić information content (AvgIpc) is 2.25. The Bertz CT molecular complexity index is 347. The van der Waals surface area contributed by atoms with Crippen LogP contribution in [0.2, 0.25) is 0 Å². The molecule has 0 aliphatic rings. The maximum absolute atomic E-state index is 13.5. The van der Waals surface area contributed by atoms with Gasteiger partial charge in [0.2, 0.25) is 0 Å². The summed E-state index contributed by atoms with van der Waals surface area (Å²) in [6.45, 7) is 1.42. The summed E-state index contributed by atoms with van der Waals surface area (Å²) in [5.41, 5.74) is 6.15. The fourth-order valence-electron chi connectivity index (χ4n) is 1.32. The zero-order chi connectivity index (χ0) is 12.1.